The summed E-state index contributed by atoms with van der Waals surface area (Å²) in [6.07, 6.45) is 3.42. The molecule has 0 aromatic heterocycles. The van der Waals surface area contributed by atoms with Crippen LogP contribution in [0.5, 0.6) is 0 Å². The Morgan fingerprint density at radius 2 is 1.82 bits per heavy atom. The van der Waals surface area contributed by atoms with E-state index in [1.165, 1.54) is 5.56 Å². The number of hydrogen-bond donors (Lipinski definition) is 0. The molecular formula is C11H15. The molecule has 0 aliphatic carbocycles. The Morgan fingerprint density at radius 3 is 2.36 bits per heavy atom. The van der Waals surface area contributed by atoms with Crippen LogP contribution in [-0.4, -0.2) is 0 Å². The monoisotopic (exact) mass is 147 g/mol. The molecule has 0 spiro atoms. The van der Waals surface area contributed by atoms with Crippen molar-refractivity contribution in [2.24, 2.45) is 5.92 Å². The van der Waals surface area contributed by atoms with Gasteiger partial charge in [0.2, 0.25) is 0 Å². The quantitative estimate of drug-likeness (QED) is 0.616. The molecule has 0 bridgehead atoms. The minimum atomic E-state index is 0.690. The van der Waals surface area contributed by atoms with Gasteiger partial charge in [-0.1, -0.05) is 44.2 Å². The SMILES string of the molecule is CC(C)[CH]Cc1ccccc1. The average molecular weight is 147 g/mol. The second-order valence-corrected chi connectivity index (χ2v) is 3.17. The molecule has 0 aliphatic heterocycles. The Labute approximate surface area is 69.3 Å². The maximum Gasteiger partial charge on any atom is -0.0245 e. The summed E-state index contributed by atoms with van der Waals surface area (Å²) in [5.74, 6) is 0.690. The van der Waals surface area contributed by atoms with Gasteiger partial charge in [-0.3, -0.25) is 0 Å². The van der Waals surface area contributed by atoms with Crippen LogP contribution in [0.3, 0.4) is 0 Å². The van der Waals surface area contributed by atoms with Gasteiger partial charge in [-0.2, -0.15) is 0 Å². The van der Waals surface area contributed by atoms with Crippen molar-refractivity contribution in [3.63, 3.8) is 0 Å². The maximum absolute atomic E-state index is 2.33. The van der Waals surface area contributed by atoms with E-state index in [4.69, 9.17) is 0 Å². The third-order valence-corrected chi connectivity index (χ3v) is 1.67. The second kappa shape index (κ2) is 4.17. The van der Waals surface area contributed by atoms with E-state index in [-0.39, 0.29) is 0 Å². The topological polar surface area (TPSA) is 0 Å². The molecule has 0 amide bonds. The largest absolute Gasteiger partial charge is 0.0625 e. The maximum atomic E-state index is 2.33. The van der Waals surface area contributed by atoms with Gasteiger partial charge in [-0.05, 0) is 24.3 Å². The zero-order valence-electron chi connectivity index (χ0n) is 7.25. The average Bonchev–Trinajstić information content (AvgIpc) is 2.03. The molecule has 1 aromatic rings. The van der Waals surface area contributed by atoms with E-state index in [1.807, 2.05) is 0 Å². The molecule has 0 N–H and O–H groups in total. The van der Waals surface area contributed by atoms with Crippen LogP contribution in [-0.2, 0) is 6.42 Å². The van der Waals surface area contributed by atoms with Gasteiger partial charge in [0.15, 0.2) is 0 Å². The standard InChI is InChI=1S/C11H15/c1-10(2)8-9-11-6-4-3-5-7-11/h3-8,10H,9H2,1-2H3. The van der Waals surface area contributed by atoms with Gasteiger partial charge in [-0.15, -0.1) is 0 Å². The summed E-state index contributed by atoms with van der Waals surface area (Å²) in [7, 11) is 0. The fourth-order valence-electron chi connectivity index (χ4n) is 0.986. The van der Waals surface area contributed by atoms with E-state index in [0.29, 0.717) is 5.92 Å². The summed E-state index contributed by atoms with van der Waals surface area (Å²) in [4.78, 5) is 0. The first kappa shape index (κ1) is 8.32. The molecule has 0 saturated carbocycles. The molecule has 0 aliphatic rings. The van der Waals surface area contributed by atoms with Gasteiger partial charge >= 0.3 is 0 Å². The Morgan fingerprint density at radius 1 is 1.18 bits per heavy atom. The molecule has 0 saturated heterocycles. The van der Waals surface area contributed by atoms with Crippen molar-refractivity contribution in [1.82, 2.24) is 0 Å². The Kier molecular flexibility index (Phi) is 3.15. The minimum Gasteiger partial charge on any atom is -0.0625 e. The van der Waals surface area contributed by atoms with Crippen LogP contribution in [0, 0.1) is 12.3 Å². The van der Waals surface area contributed by atoms with Crippen molar-refractivity contribution in [2.75, 3.05) is 0 Å². The van der Waals surface area contributed by atoms with Gasteiger partial charge in [0.1, 0.15) is 0 Å². The van der Waals surface area contributed by atoms with E-state index in [1.54, 1.807) is 0 Å². The van der Waals surface area contributed by atoms with Gasteiger partial charge in [-0.25, -0.2) is 0 Å². The molecule has 11 heavy (non-hydrogen) atoms. The lowest BCUT2D eigenvalue weighted by molar-refractivity contribution is 0.732. The van der Waals surface area contributed by atoms with Crippen LogP contribution in [0.4, 0.5) is 0 Å². The predicted molar refractivity (Wildman–Crippen MR) is 49.3 cm³/mol. The summed E-state index contributed by atoms with van der Waals surface area (Å²) in [5, 5.41) is 0. The zero-order valence-corrected chi connectivity index (χ0v) is 7.25. The van der Waals surface area contributed by atoms with Crippen molar-refractivity contribution in [2.45, 2.75) is 20.3 Å². The molecule has 1 aromatic carbocycles. The van der Waals surface area contributed by atoms with Crippen LogP contribution in [0.1, 0.15) is 19.4 Å². The van der Waals surface area contributed by atoms with Crippen molar-refractivity contribution < 1.29 is 0 Å². The lowest BCUT2D eigenvalue weighted by Gasteiger charge is -2.02. The third-order valence-electron chi connectivity index (χ3n) is 1.67. The fourth-order valence-corrected chi connectivity index (χ4v) is 0.986. The highest BCUT2D eigenvalue weighted by atomic mass is 14.0. The summed E-state index contributed by atoms with van der Waals surface area (Å²) in [5.41, 5.74) is 1.40. The molecule has 1 rings (SSSR count). The first-order chi connectivity index (χ1) is 5.29. The molecule has 0 heteroatoms. The predicted octanol–water partition coefficient (Wildman–Crippen LogP) is 3.09. The number of rotatable bonds is 3. The molecule has 0 heterocycles. The second-order valence-electron chi connectivity index (χ2n) is 3.17. The Hall–Kier alpha value is -0.780. The van der Waals surface area contributed by atoms with Gasteiger partial charge < -0.3 is 0 Å². The summed E-state index contributed by atoms with van der Waals surface area (Å²) in [6.45, 7) is 4.42. The first-order valence-electron chi connectivity index (χ1n) is 4.16. The molecular weight excluding hydrogens is 132 g/mol. The Balaban J connectivity index is 2.39. The molecule has 0 atom stereocenters. The third kappa shape index (κ3) is 3.22. The van der Waals surface area contributed by atoms with Crippen LogP contribution >= 0.6 is 0 Å². The van der Waals surface area contributed by atoms with Gasteiger partial charge in [0.05, 0.1) is 0 Å². The molecule has 0 unspecified atom stereocenters. The highest BCUT2D eigenvalue weighted by Crippen LogP contribution is 2.06. The normalized spacial score (nSPS) is 10.5. The Bertz CT molecular complexity index is 186. The van der Waals surface area contributed by atoms with Gasteiger partial charge in [0.25, 0.3) is 0 Å². The highest BCUT2D eigenvalue weighted by Gasteiger charge is 1.94. The van der Waals surface area contributed by atoms with E-state index in [0.717, 1.165) is 6.42 Å². The highest BCUT2D eigenvalue weighted by molar-refractivity contribution is 5.16. The van der Waals surface area contributed by atoms with Crippen molar-refractivity contribution >= 4 is 0 Å². The lowest BCUT2D eigenvalue weighted by atomic mass is 10.0. The molecule has 0 fully saturated rings. The summed E-state index contributed by atoms with van der Waals surface area (Å²) >= 11 is 0. The summed E-state index contributed by atoms with van der Waals surface area (Å²) in [6, 6.07) is 10.6. The van der Waals surface area contributed by atoms with Crippen molar-refractivity contribution in [3.05, 3.63) is 42.3 Å². The molecule has 0 nitrogen and oxygen atoms in total. The molecule has 1 radical (unpaired) electrons. The number of benzene rings is 1. The van der Waals surface area contributed by atoms with E-state index in [9.17, 15) is 0 Å². The fraction of sp³-hybridized carbons (Fsp3) is 0.364. The smallest absolute Gasteiger partial charge is 0.0245 e. The lowest BCUT2D eigenvalue weighted by Crippen LogP contribution is -1.92. The summed E-state index contributed by atoms with van der Waals surface area (Å²) < 4.78 is 0. The van der Waals surface area contributed by atoms with Crippen LogP contribution in [0.15, 0.2) is 30.3 Å². The first-order valence-corrected chi connectivity index (χ1v) is 4.16. The van der Waals surface area contributed by atoms with Crippen molar-refractivity contribution in [3.8, 4) is 0 Å². The van der Waals surface area contributed by atoms with Crippen molar-refractivity contribution in [1.29, 1.82) is 0 Å². The zero-order chi connectivity index (χ0) is 8.10. The van der Waals surface area contributed by atoms with Crippen LogP contribution in [0.2, 0.25) is 0 Å². The van der Waals surface area contributed by atoms with Crippen LogP contribution < -0.4 is 0 Å². The van der Waals surface area contributed by atoms with Gasteiger partial charge in [0, 0.05) is 0 Å². The minimum absolute atomic E-state index is 0.690. The van der Waals surface area contributed by atoms with E-state index in [2.05, 4.69) is 50.6 Å². The molecule has 59 valence electrons. The van der Waals surface area contributed by atoms with E-state index < -0.39 is 0 Å². The van der Waals surface area contributed by atoms with E-state index >= 15 is 0 Å². The number of hydrogen-bond acceptors (Lipinski definition) is 0. The van der Waals surface area contributed by atoms with Crippen LogP contribution in [0.25, 0.3) is 0 Å².